The van der Waals surface area contributed by atoms with Crippen molar-refractivity contribution in [3.05, 3.63) is 96.1 Å². The Balaban J connectivity index is 1.47. The Bertz CT molecular complexity index is 1230. The second kappa shape index (κ2) is 11.3. The predicted octanol–water partition coefficient (Wildman–Crippen LogP) is 4.40. The van der Waals surface area contributed by atoms with Crippen molar-refractivity contribution >= 4 is 17.7 Å². The molecular formula is C25H23FN4O3S. The summed E-state index contributed by atoms with van der Waals surface area (Å²) in [6.07, 6.45) is 0. The molecule has 9 heteroatoms. The maximum absolute atomic E-state index is 14.6. The number of hydrogen-bond donors (Lipinski definition) is 1. The minimum atomic E-state index is -0.427. The molecule has 0 saturated heterocycles. The van der Waals surface area contributed by atoms with Crippen LogP contribution in [0.1, 0.15) is 11.4 Å². The first kappa shape index (κ1) is 23.3. The summed E-state index contributed by atoms with van der Waals surface area (Å²) in [4.78, 5) is 12.4. The van der Waals surface area contributed by atoms with E-state index in [1.165, 1.54) is 17.8 Å². The van der Waals surface area contributed by atoms with Gasteiger partial charge in [0.05, 0.1) is 18.6 Å². The van der Waals surface area contributed by atoms with E-state index in [1.807, 2.05) is 30.3 Å². The van der Waals surface area contributed by atoms with Crippen LogP contribution in [-0.4, -0.2) is 33.5 Å². The van der Waals surface area contributed by atoms with Crippen molar-refractivity contribution in [3.63, 3.8) is 0 Å². The van der Waals surface area contributed by atoms with Crippen LogP contribution in [0, 0.1) is 5.82 Å². The highest BCUT2D eigenvalue weighted by atomic mass is 32.2. The van der Waals surface area contributed by atoms with E-state index in [4.69, 9.17) is 9.47 Å². The molecule has 0 saturated carbocycles. The summed E-state index contributed by atoms with van der Waals surface area (Å²) in [6, 6.07) is 23.1. The molecule has 1 heterocycles. The fraction of sp³-hybridized carbons (Fsp3) is 0.160. The second-order valence-corrected chi connectivity index (χ2v) is 8.14. The highest BCUT2D eigenvalue weighted by Gasteiger charge is 2.19. The van der Waals surface area contributed by atoms with Crippen molar-refractivity contribution in [1.82, 2.24) is 20.1 Å². The van der Waals surface area contributed by atoms with Crippen LogP contribution in [0.5, 0.6) is 11.5 Å². The fourth-order valence-corrected chi connectivity index (χ4v) is 3.95. The number of aromatic nitrogens is 3. The van der Waals surface area contributed by atoms with Gasteiger partial charge in [-0.2, -0.15) is 0 Å². The van der Waals surface area contributed by atoms with Crippen LogP contribution in [0.4, 0.5) is 4.39 Å². The molecule has 1 aromatic heterocycles. The van der Waals surface area contributed by atoms with Gasteiger partial charge < -0.3 is 14.8 Å². The summed E-state index contributed by atoms with van der Waals surface area (Å²) < 4.78 is 27.2. The van der Waals surface area contributed by atoms with Crippen molar-refractivity contribution in [2.45, 2.75) is 18.3 Å². The van der Waals surface area contributed by atoms with Crippen molar-refractivity contribution in [2.24, 2.45) is 0 Å². The van der Waals surface area contributed by atoms with E-state index in [0.717, 1.165) is 5.56 Å². The summed E-state index contributed by atoms with van der Waals surface area (Å²) >= 11 is 1.18. The zero-order chi connectivity index (χ0) is 23.8. The van der Waals surface area contributed by atoms with Crippen molar-refractivity contribution in [3.8, 4) is 17.2 Å². The van der Waals surface area contributed by atoms with Crippen LogP contribution in [-0.2, 0) is 17.9 Å². The summed E-state index contributed by atoms with van der Waals surface area (Å²) in [6.45, 7) is 0.496. The maximum atomic E-state index is 14.6. The quantitative estimate of drug-likeness (QED) is 0.341. The fourth-order valence-electron chi connectivity index (χ4n) is 3.16. The normalized spacial score (nSPS) is 10.6. The summed E-state index contributed by atoms with van der Waals surface area (Å²) in [5.74, 6) is 1.26. The van der Waals surface area contributed by atoms with Gasteiger partial charge in [-0.3, -0.25) is 9.36 Å². The molecule has 1 N–H and O–H groups in total. The van der Waals surface area contributed by atoms with Gasteiger partial charge in [-0.15, -0.1) is 10.2 Å². The number of nitrogens with zero attached hydrogens (tertiary/aromatic N) is 3. The summed E-state index contributed by atoms with van der Waals surface area (Å²) in [5, 5.41) is 11.7. The standard InChI is InChI=1S/C25H23FN4O3S/c1-32-19-11-13-20(14-12-19)33-16-23-28-29-25(30(23)22-10-6-5-9-21(22)26)34-17-24(31)27-15-18-7-3-2-4-8-18/h2-14H,15-17H2,1H3,(H,27,31). The molecule has 0 unspecified atom stereocenters. The number of para-hydroxylation sites is 1. The lowest BCUT2D eigenvalue weighted by Crippen LogP contribution is -2.24. The molecule has 4 aromatic rings. The Morgan fingerprint density at radius 1 is 0.971 bits per heavy atom. The van der Waals surface area contributed by atoms with E-state index in [1.54, 1.807) is 54.1 Å². The van der Waals surface area contributed by atoms with Gasteiger partial charge in [0.15, 0.2) is 11.0 Å². The van der Waals surface area contributed by atoms with E-state index in [9.17, 15) is 9.18 Å². The lowest BCUT2D eigenvalue weighted by Gasteiger charge is -2.12. The molecule has 0 spiro atoms. The van der Waals surface area contributed by atoms with Gasteiger partial charge in [0.25, 0.3) is 0 Å². The smallest absolute Gasteiger partial charge is 0.230 e. The maximum Gasteiger partial charge on any atom is 0.230 e. The minimum absolute atomic E-state index is 0.0639. The molecule has 4 rings (SSSR count). The van der Waals surface area contributed by atoms with Crippen LogP contribution in [0.25, 0.3) is 5.69 Å². The molecule has 0 aliphatic carbocycles. The molecule has 0 radical (unpaired) electrons. The number of amides is 1. The average Bonchev–Trinajstić information content (AvgIpc) is 3.28. The van der Waals surface area contributed by atoms with Crippen LogP contribution < -0.4 is 14.8 Å². The van der Waals surface area contributed by atoms with Gasteiger partial charge in [0.2, 0.25) is 5.91 Å². The average molecular weight is 479 g/mol. The summed E-state index contributed by atoms with van der Waals surface area (Å²) in [5.41, 5.74) is 1.29. The monoisotopic (exact) mass is 478 g/mol. The Hall–Kier alpha value is -3.85. The zero-order valence-corrected chi connectivity index (χ0v) is 19.3. The van der Waals surface area contributed by atoms with Crippen molar-refractivity contribution in [1.29, 1.82) is 0 Å². The molecule has 0 atom stereocenters. The number of ether oxygens (including phenoxy) is 2. The van der Waals surface area contributed by atoms with E-state index in [2.05, 4.69) is 15.5 Å². The van der Waals surface area contributed by atoms with Gasteiger partial charge in [0.1, 0.15) is 23.9 Å². The van der Waals surface area contributed by atoms with Gasteiger partial charge in [-0.05, 0) is 42.0 Å². The molecule has 34 heavy (non-hydrogen) atoms. The Kier molecular flexibility index (Phi) is 7.77. The van der Waals surface area contributed by atoms with Gasteiger partial charge >= 0.3 is 0 Å². The molecular weight excluding hydrogens is 455 g/mol. The predicted molar refractivity (Wildman–Crippen MR) is 128 cm³/mol. The van der Waals surface area contributed by atoms with Crippen LogP contribution >= 0.6 is 11.8 Å². The number of thioether (sulfide) groups is 1. The van der Waals surface area contributed by atoms with Gasteiger partial charge in [-0.25, -0.2) is 4.39 Å². The minimum Gasteiger partial charge on any atom is -0.497 e. The van der Waals surface area contributed by atoms with Gasteiger partial charge in [0, 0.05) is 6.54 Å². The second-order valence-electron chi connectivity index (χ2n) is 7.20. The van der Waals surface area contributed by atoms with E-state index in [0.29, 0.717) is 29.0 Å². The topological polar surface area (TPSA) is 78.3 Å². The Morgan fingerprint density at radius 2 is 1.68 bits per heavy atom. The van der Waals surface area contributed by atoms with Gasteiger partial charge in [-0.1, -0.05) is 54.2 Å². The third-order valence-corrected chi connectivity index (χ3v) is 5.81. The SMILES string of the molecule is COc1ccc(OCc2nnc(SCC(=O)NCc3ccccc3)n2-c2ccccc2F)cc1. The number of carbonyl (C=O) groups excluding carboxylic acids is 1. The molecule has 0 bridgehead atoms. The molecule has 0 aliphatic rings. The summed E-state index contributed by atoms with van der Waals surface area (Å²) in [7, 11) is 1.59. The van der Waals surface area contributed by atoms with Crippen LogP contribution in [0.15, 0.2) is 84.0 Å². The number of nitrogens with one attached hydrogen (secondary N) is 1. The molecule has 7 nitrogen and oxygen atoms in total. The molecule has 0 fully saturated rings. The van der Waals surface area contributed by atoms with Crippen molar-refractivity contribution in [2.75, 3.05) is 12.9 Å². The lowest BCUT2D eigenvalue weighted by molar-refractivity contribution is -0.118. The third kappa shape index (κ3) is 5.93. The Morgan fingerprint density at radius 3 is 2.41 bits per heavy atom. The van der Waals surface area contributed by atoms with Crippen LogP contribution in [0.3, 0.4) is 0 Å². The van der Waals surface area contributed by atoms with E-state index < -0.39 is 5.82 Å². The Labute approximate surface area is 200 Å². The molecule has 3 aromatic carbocycles. The number of carbonyl (C=O) groups is 1. The highest BCUT2D eigenvalue weighted by Crippen LogP contribution is 2.25. The number of halogens is 1. The molecule has 174 valence electrons. The first-order chi connectivity index (χ1) is 16.6. The van der Waals surface area contributed by atoms with E-state index >= 15 is 0 Å². The number of methoxy groups -OCH3 is 1. The number of rotatable bonds is 10. The zero-order valence-electron chi connectivity index (χ0n) is 18.5. The number of hydrogen-bond acceptors (Lipinski definition) is 6. The third-order valence-electron chi connectivity index (χ3n) is 4.89. The highest BCUT2D eigenvalue weighted by molar-refractivity contribution is 7.99. The first-order valence-electron chi connectivity index (χ1n) is 10.5. The lowest BCUT2D eigenvalue weighted by atomic mass is 10.2. The molecule has 1 amide bonds. The molecule has 0 aliphatic heterocycles. The number of benzene rings is 3. The largest absolute Gasteiger partial charge is 0.497 e. The van der Waals surface area contributed by atoms with Crippen molar-refractivity contribution < 1.29 is 18.7 Å². The first-order valence-corrected chi connectivity index (χ1v) is 11.5. The van der Waals surface area contributed by atoms with Crippen LogP contribution in [0.2, 0.25) is 0 Å². The van der Waals surface area contributed by atoms with E-state index in [-0.39, 0.29) is 24.0 Å².